The smallest absolute Gasteiger partial charge is 0.222 e. The molecule has 2 aliphatic heterocycles. The van der Waals surface area contributed by atoms with E-state index in [9.17, 15) is 5.11 Å². The van der Waals surface area contributed by atoms with E-state index in [0.717, 1.165) is 54.5 Å². The maximum Gasteiger partial charge on any atom is 0.222 e. The summed E-state index contributed by atoms with van der Waals surface area (Å²) in [7, 11) is 0. The molecule has 0 unspecified atom stereocenters. The zero-order chi connectivity index (χ0) is 17.5. The van der Waals surface area contributed by atoms with Gasteiger partial charge in [-0.3, -0.25) is 0 Å². The molecule has 6 nitrogen and oxygen atoms in total. The highest BCUT2D eigenvalue weighted by atomic mass is 16.3. The average Bonchev–Trinajstić information content (AvgIpc) is 3.08. The molecule has 5 rings (SSSR count). The van der Waals surface area contributed by atoms with Gasteiger partial charge in [-0.2, -0.15) is 5.10 Å². The number of anilines is 2. The minimum atomic E-state index is 0.366. The molecule has 6 heteroatoms. The number of para-hydroxylation sites is 2. The van der Waals surface area contributed by atoms with E-state index in [4.69, 9.17) is 0 Å². The molecule has 0 bridgehead atoms. The second-order valence-electron chi connectivity index (χ2n) is 6.97. The zero-order valence-electron chi connectivity index (χ0n) is 14.5. The summed E-state index contributed by atoms with van der Waals surface area (Å²) in [5.41, 5.74) is 9.24. The Kier molecular flexibility index (Phi) is 3.55. The van der Waals surface area contributed by atoms with Gasteiger partial charge >= 0.3 is 0 Å². The van der Waals surface area contributed by atoms with Gasteiger partial charge in [0.05, 0.1) is 17.2 Å². The molecule has 3 aromatic rings. The number of H-pyrrole nitrogens is 1. The Hall–Kier alpha value is -3.02. The standard InChI is InChI=1S/C20H21N5O/c26-19-14(11-13-5-3-9-25-10-4-6-15(19)18(13)25)12-21-24-20-22-16-7-1-2-8-17(16)23-20/h1-2,7-8,11-12,26H,3-6,9-10H2,(H2,22,23,24)/b21-12+. The molecule has 0 atom stereocenters. The number of phenolic OH excluding ortho intramolecular Hbond substituents is 1. The number of aromatic amines is 1. The van der Waals surface area contributed by atoms with Crippen molar-refractivity contribution in [3.05, 3.63) is 47.0 Å². The van der Waals surface area contributed by atoms with E-state index in [-0.39, 0.29) is 0 Å². The summed E-state index contributed by atoms with van der Waals surface area (Å²) in [6.07, 6.45) is 5.95. The molecule has 2 aromatic carbocycles. The van der Waals surface area contributed by atoms with Crippen LogP contribution in [-0.4, -0.2) is 34.4 Å². The molecule has 3 N–H and O–H groups in total. The lowest BCUT2D eigenvalue weighted by Gasteiger charge is -2.37. The van der Waals surface area contributed by atoms with Crippen molar-refractivity contribution in [2.45, 2.75) is 25.7 Å². The molecule has 2 aliphatic rings. The first-order chi connectivity index (χ1) is 12.8. The number of fused-ring (bicyclic) bond motifs is 1. The highest BCUT2D eigenvalue weighted by molar-refractivity contribution is 5.88. The van der Waals surface area contributed by atoms with Gasteiger partial charge in [0.15, 0.2) is 0 Å². The van der Waals surface area contributed by atoms with Crippen LogP contribution in [0.1, 0.15) is 29.5 Å². The van der Waals surface area contributed by atoms with Crippen molar-refractivity contribution in [1.29, 1.82) is 0 Å². The highest BCUT2D eigenvalue weighted by Crippen LogP contribution is 2.41. The van der Waals surface area contributed by atoms with E-state index >= 15 is 0 Å². The van der Waals surface area contributed by atoms with Crippen LogP contribution in [0.4, 0.5) is 11.6 Å². The van der Waals surface area contributed by atoms with Crippen LogP contribution >= 0.6 is 0 Å². The second kappa shape index (κ2) is 6.05. The molecule has 0 fully saturated rings. The van der Waals surface area contributed by atoms with Crippen LogP contribution in [0.5, 0.6) is 5.75 Å². The number of aromatic hydroxyl groups is 1. The normalized spacial score (nSPS) is 16.2. The average molecular weight is 347 g/mol. The van der Waals surface area contributed by atoms with Crippen LogP contribution in [0.3, 0.4) is 0 Å². The van der Waals surface area contributed by atoms with E-state index in [0.29, 0.717) is 11.7 Å². The summed E-state index contributed by atoms with van der Waals surface area (Å²) in [6.45, 7) is 2.20. The van der Waals surface area contributed by atoms with Crippen LogP contribution in [0, 0.1) is 0 Å². The first-order valence-corrected chi connectivity index (χ1v) is 9.16. The molecule has 0 amide bonds. The van der Waals surface area contributed by atoms with Crippen molar-refractivity contribution in [2.24, 2.45) is 5.10 Å². The number of phenols is 1. The fourth-order valence-electron chi connectivity index (χ4n) is 4.14. The quantitative estimate of drug-likeness (QED) is 0.501. The second-order valence-corrected chi connectivity index (χ2v) is 6.97. The third-order valence-electron chi connectivity index (χ3n) is 5.29. The van der Waals surface area contributed by atoms with Gasteiger partial charge in [0.25, 0.3) is 0 Å². The lowest BCUT2D eigenvalue weighted by atomic mass is 9.89. The van der Waals surface area contributed by atoms with Crippen molar-refractivity contribution in [2.75, 3.05) is 23.4 Å². The number of hydrogen-bond acceptors (Lipinski definition) is 5. The summed E-state index contributed by atoms with van der Waals surface area (Å²) < 4.78 is 0. The maximum atomic E-state index is 10.7. The SMILES string of the molecule is Oc1c(/C=N/Nc2nc3ccccc3[nH]2)cc2c3c1CCCN3CCC2. The summed E-state index contributed by atoms with van der Waals surface area (Å²) in [6, 6.07) is 9.93. The number of imidazole rings is 1. The number of aromatic nitrogens is 2. The number of nitrogens with one attached hydrogen (secondary N) is 2. The van der Waals surface area contributed by atoms with Gasteiger partial charge in [0.2, 0.25) is 5.95 Å². The summed E-state index contributed by atoms with van der Waals surface area (Å²) >= 11 is 0. The highest BCUT2D eigenvalue weighted by Gasteiger charge is 2.27. The topological polar surface area (TPSA) is 76.5 Å². The van der Waals surface area contributed by atoms with Crippen LogP contribution in [0.25, 0.3) is 11.0 Å². The molecular weight excluding hydrogens is 326 g/mol. The monoisotopic (exact) mass is 347 g/mol. The number of nitrogens with zero attached hydrogens (tertiary/aromatic N) is 3. The predicted octanol–water partition coefficient (Wildman–Crippen LogP) is 3.41. The maximum absolute atomic E-state index is 10.7. The molecule has 26 heavy (non-hydrogen) atoms. The number of rotatable bonds is 3. The molecule has 132 valence electrons. The summed E-state index contributed by atoms with van der Waals surface area (Å²) in [4.78, 5) is 10.0. The Bertz CT molecular complexity index is 972. The van der Waals surface area contributed by atoms with E-state index < -0.39 is 0 Å². The molecule has 0 aliphatic carbocycles. The molecular formula is C20H21N5O. The first-order valence-electron chi connectivity index (χ1n) is 9.16. The van der Waals surface area contributed by atoms with E-state index in [2.05, 4.69) is 31.5 Å². The van der Waals surface area contributed by atoms with Gasteiger partial charge in [-0.15, -0.1) is 0 Å². The number of hydrogen-bond donors (Lipinski definition) is 3. The minimum Gasteiger partial charge on any atom is -0.507 e. The molecule has 0 spiro atoms. The number of benzene rings is 2. The summed E-state index contributed by atoms with van der Waals surface area (Å²) in [5, 5.41) is 15.0. The Morgan fingerprint density at radius 3 is 2.92 bits per heavy atom. The van der Waals surface area contributed by atoms with Gasteiger partial charge in [-0.1, -0.05) is 12.1 Å². The predicted molar refractivity (Wildman–Crippen MR) is 104 cm³/mol. The lowest BCUT2D eigenvalue weighted by molar-refractivity contribution is 0.461. The largest absolute Gasteiger partial charge is 0.507 e. The molecule has 1 aromatic heterocycles. The first kappa shape index (κ1) is 15.3. The fourth-order valence-corrected chi connectivity index (χ4v) is 4.14. The van der Waals surface area contributed by atoms with Crippen LogP contribution in [0.15, 0.2) is 35.4 Å². The van der Waals surface area contributed by atoms with E-state index in [1.807, 2.05) is 24.3 Å². The number of aryl methyl sites for hydroxylation is 1. The van der Waals surface area contributed by atoms with Gasteiger partial charge in [0, 0.05) is 29.9 Å². The van der Waals surface area contributed by atoms with Gasteiger partial charge < -0.3 is 15.0 Å². The zero-order valence-corrected chi connectivity index (χ0v) is 14.5. The third-order valence-corrected chi connectivity index (χ3v) is 5.29. The van der Waals surface area contributed by atoms with Crippen LogP contribution in [-0.2, 0) is 12.8 Å². The Labute approximate surface area is 151 Å². The molecule has 3 heterocycles. The Morgan fingerprint density at radius 2 is 2.04 bits per heavy atom. The number of hydrazone groups is 1. The fraction of sp³-hybridized carbons (Fsp3) is 0.300. The van der Waals surface area contributed by atoms with Gasteiger partial charge in [0.1, 0.15) is 5.75 Å². The van der Waals surface area contributed by atoms with Crippen molar-refractivity contribution in [3.63, 3.8) is 0 Å². The molecule has 0 radical (unpaired) electrons. The van der Waals surface area contributed by atoms with Crippen molar-refractivity contribution in [1.82, 2.24) is 9.97 Å². The van der Waals surface area contributed by atoms with Gasteiger partial charge in [-0.25, -0.2) is 10.4 Å². The minimum absolute atomic E-state index is 0.366. The van der Waals surface area contributed by atoms with Gasteiger partial charge in [-0.05, 0) is 49.4 Å². The van der Waals surface area contributed by atoms with Crippen molar-refractivity contribution >= 4 is 28.9 Å². The van der Waals surface area contributed by atoms with Crippen molar-refractivity contribution < 1.29 is 5.11 Å². The van der Waals surface area contributed by atoms with E-state index in [1.54, 1.807) is 6.21 Å². The van der Waals surface area contributed by atoms with Crippen LogP contribution in [0.2, 0.25) is 0 Å². The Morgan fingerprint density at radius 1 is 1.19 bits per heavy atom. The van der Waals surface area contributed by atoms with Crippen molar-refractivity contribution in [3.8, 4) is 5.75 Å². The Balaban J connectivity index is 1.44. The lowest BCUT2D eigenvalue weighted by Crippen LogP contribution is -2.34. The molecule has 0 saturated heterocycles. The third kappa shape index (κ3) is 2.49. The molecule has 0 saturated carbocycles. The summed E-state index contributed by atoms with van der Waals surface area (Å²) in [5.74, 6) is 0.956. The van der Waals surface area contributed by atoms with Crippen LogP contribution < -0.4 is 10.3 Å². The van der Waals surface area contributed by atoms with E-state index in [1.165, 1.54) is 17.7 Å².